The highest BCUT2D eigenvalue weighted by Gasteiger charge is 2.39. The summed E-state index contributed by atoms with van der Waals surface area (Å²) in [5, 5.41) is 0. The third-order valence-corrected chi connectivity index (χ3v) is 5.77. The molecule has 0 N–H and O–H groups in total. The topological polar surface area (TPSA) is 0 Å². The molecule has 2 fully saturated rings. The molecule has 2 aliphatic rings. The first-order valence-corrected chi connectivity index (χ1v) is 7.61. The van der Waals surface area contributed by atoms with Crippen LogP contribution < -0.4 is 0 Å². The van der Waals surface area contributed by atoms with Crippen molar-refractivity contribution in [2.45, 2.75) is 66.2 Å². The number of hydrogen-bond acceptors (Lipinski definition) is 0. The van der Waals surface area contributed by atoms with Crippen LogP contribution >= 0.6 is 0 Å². The van der Waals surface area contributed by atoms with Crippen molar-refractivity contribution in [2.75, 3.05) is 0 Å². The zero-order chi connectivity index (χ0) is 11.7. The Bertz CT molecular complexity index is 210. The Hall–Kier alpha value is 0. The second kappa shape index (κ2) is 5.10. The molecule has 5 unspecified atom stereocenters. The van der Waals surface area contributed by atoms with Crippen molar-refractivity contribution < 1.29 is 0 Å². The van der Waals surface area contributed by atoms with Gasteiger partial charge < -0.3 is 0 Å². The van der Waals surface area contributed by atoms with Gasteiger partial charge in [-0.3, -0.25) is 0 Å². The standard InChI is InChI=1S/C16H30/c1-5-6-15-10-16(13(15)4)9-14-7-11(2)12(3)8-14/h11-16H,5-10H2,1-4H3. The lowest BCUT2D eigenvalue weighted by Gasteiger charge is -2.44. The summed E-state index contributed by atoms with van der Waals surface area (Å²) in [6.07, 6.45) is 9.00. The molecule has 0 aliphatic heterocycles. The average molecular weight is 222 g/mol. The molecule has 5 atom stereocenters. The van der Waals surface area contributed by atoms with Gasteiger partial charge in [-0.2, -0.15) is 0 Å². The molecule has 0 aromatic rings. The largest absolute Gasteiger partial charge is 0.0654 e. The highest BCUT2D eigenvalue weighted by molar-refractivity contribution is 4.89. The summed E-state index contributed by atoms with van der Waals surface area (Å²) < 4.78 is 0. The zero-order valence-corrected chi connectivity index (χ0v) is 11.7. The molecule has 0 saturated heterocycles. The van der Waals surface area contributed by atoms with E-state index in [1.165, 1.54) is 25.7 Å². The van der Waals surface area contributed by atoms with Crippen molar-refractivity contribution in [3.8, 4) is 0 Å². The van der Waals surface area contributed by atoms with E-state index in [0.717, 1.165) is 35.5 Å². The van der Waals surface area contributed by atoms with Crippen LogP contribution in [0.15, 0.2) is 0 Å². The second-order valence-corrected chi connectivity index (χ2v) is 6.93. The van der Waals surface area contributed by atoms with Gasteiger partial charge in [-0.1, -0.05) is 40.5 Å². The van der Waals surface area contributed by atoms with Crippen LogP contribution in [0.3, 0.4) is 0 Å². The Morgan fingerprint density at radius 3 is 2.00 bits per heavy atom. The first-order valence-electron chi connectivity index (χ1n) is 7.61. The predicted molar refractivity (Wildman–Crippen MR) is 71.3 cm³/mol. The molecule has 94 valence electrons. The van der Waals surface area contributed by atoms with Crippen LogP contribution in [0.2, 0.25) is 0 Å². The molecule has 0 aromatic carbocycles. The first kappa shape index (κ1) is 12.5. The van der Waals surface area contributed by atoms with E-state index in [0.29, 0.717) is 0 Å². The van der Waals surface area contributed by atoms with E-state index in [1.807, 2.05) is 0 Å². The highest BCUT2D eigenvalue weighted by Crippen LogP contribution is 2.49. The molecule has 0 amide bonds. The van der Waals surface area contributed by atoms with Gasteiger partial charge in [-0.25, -0.2) is 0 Å². The van der Waals surface area contributed by atoms with Gasteiger partial charge in [0.05, 0.1) is 0 Å². The Morgan fingerprint density at radius 1 is 0.875 bits per heavy atom. The molecule has 0 bridgehead atoms. The molecule has 0 heterocycles. The minimum atomic E-state index is 0.992. The number of hydrogen-bond donors (Lipinski definition) is 0. The first-order chi connectivity index (χ1) is 7.61. The summed E-state index contributed by atoms with van der Waals surface area (Å²) in [7, 11) is 0. The Labute approximate surface area is 102 Å². The SMILES string of the molecule is CCCC1CC(CC2CC(C)C(C)C2)C1C. The Kier molecular flexibility index (Phi) is 3.97. The zero-order valence-electron chi connectivity index (χ0n) is 11.7. The average Bonchev–Trinajstić information content (AvgIpc) is 2.56. The molecule has 2 rings (SSSR count). The molecule has 2 saturated carbocycles. The van der Waals surface area contributed by atoms with Crippen LogP contribution in [0.25, 0.3) is 0 Å². The Morgan fingerprint density at radius 2 is 1.50 bits per heavy atom. The highest BCUT2D eigenvalue weighted by atomic mass is 14.4. The van der Waals surface area contributed by atoms with E-state index in [1.54, 1.807) is 12.8 Å². The van der Waals surface area contributed by atoms with Crippen molar-refractivity contribution in [3.05, 3.63) is 0 Å². The lowest BCUT2D eigenvalue weighted by atomic mass is 9.61. The minimum Gasteiger partial charge on any atom is -0.0654 e. The van der Waals surface area contributed by atoms with Crippen molar-refractivity contribution >= 4 is 0 Å². The van der Waals surface area contributed by atoms with Crippen molar-refractivity contribution in [1.82, 2.24) is 0 Å². The molecular weight excluding hydrogens is 192 g/mol. The summed E-state index contributed by atoms with van der Waals surface area (Å²) in [6.45, 7) is 9.75. The van der Waals surface area contributed by atoms with Gasteiger partial charge in [0.15, 0.2) is 0 Å². The quantitative estimate of drug-likeness (QED) is 0.618. The fraction of sp³-hybridized carbons (Fsp3) is 1.00. The van der Waals surface area contributed by atoms with E-state index >= 15 is 0 Å². The smallest absolute Gasteiger partial charge is 0.0380 e. The van der Waals surface area contributed by atoms with E-state index in [-0.39, 0.29) is 0 Å². The summed E-state index contributed by atoms with van der Waals surface area (Å²) in [4.78, 5) is 0. The number of rotatable bonds is 4. The maximum Gasteiger partial charge on any atom is -0.0380 e. The molecule has 0 aromatic heterocycles. The summed E-state index contributed by atoms with van der Waals surface area (Å²) in [5.74, 6) is 6.25. The van der Waals surface area contributed by atoms with E-state index < -0.39 is 0 Å². The van der Waals surface area contributed by atoms with Gasteiger partial charge in [0, 0.05) is 0 Å². The van der Waals surface area contributed by atoms with Gasteiger partial charge in [0.1, 0.15) is 0 Å². The van der Waals surface area contributed by atoms with Crippen molar-refractivity contribution in [2.24, 2.45) is 35.5 Å². The van der Waals surface area contributed by atoms with Gasteiger partial charge in [0.2, 0.25) is 0 Å². The molecule has 2 aliphatic carbocycles. The van der Waals surface area contributed by atoms with Crippen LogP contribution in [-0.4, -0.2) is 0 Å². The summed E-state index contributed by atoms with van der Waals surface area (Å²) >= 11 is 0. The van der Waals surface area contributed by atoms with Gasteiger partial charge in [-0.15, -0.1) is 0 Å². The van der Waals surface area contributed by atoms with Crippen molar-refractivity contribution in [1.29, 1.82) is 0 Å². The van der Waals surface area contributed by atoms with Crippen LogP contribution in [0.4, 0.5) is 0 Å². The lowest BCUT2D eigenvalue weighted by molar-refractivity contribution is 0.0580. The van der Waals surface area contributed by atoms with Gasteiger partial charge >= 0.3 is 0 Å². The van der Waals surface area contributed by atoms with E-state index in [9.17, 15) is 0 Å². The van der Waals surface area contributed by atoms with E-state index in [4.69, 9.17) is 0 Å². The fourth-order valence-corrected chi connectivity index (χ4v) is 4.30. The third-order valence-electron chi connectivity index (χ3n) is 5.77. The lowest BCUT2D eigenvalue weighted by Crippen LogP contribution is -2.35. The molecule has 16 heavy (non-hydrogen) atoms. The maximum absolute atomic E-state index is 2.51. The predicted octanol–water partition coefficient (Wildman–Crippen LogP) is 5.13. The molecule has 0 spiro atoms. The van der Waals surface area contributed by atoms with Crippen LogP contribution in [0, 0.1) is 35.5 Å². The van der Waals surface area contributed by atoms with Crippen LogP contribution in [0.1, 0.15) is 66.2 Å². The summed E-state index contributed by atoms with van der Waals surface area (Å²) in [6, 6.07) is 0. The third kappa shape index (κ3) is 2.46. The molecule has 0 radical (unpaired) electrons. The maximum atomic E-state index is 2.51. The van der Waals surface area contributed by atoms with Crippen LogP contribution in [-0.2, 0) is 0 Å². The fourth-order valence-electron chi connectivity index (χ4n) is 4.30. The molecule has 0 nitrogen and oxygen atoms in total. The minimum absolute atomic E-state index is 0.992. The van der Waals surface area contributed by atoms with Gasteiger partial charge in [0.25, 0.3) is 0 Å². The normalized spacial score (nSPS) is 48.0. The molecular formula is C16H30. The second-order valence-electron chi connectivity index (χ2n) is 6.93. The molecule has 0 heteroatoms. The van der Waals surface area contributed by atoms with E-state index in [2.05, 4.69) is 27.7 Å². The van der Waals surface area contributed by atoms with Gasteiger partial charge in [-0.05, 0) is 61.2 Å². The summed E-state index contributed by atoms with van der Waals surface area (Å²) in [5.41, 5.74) is 0. The monoisotopic (exact) mass is 222 g/mol. The van der Waals surface area contributed by atoms with Crippen LogP contribution in [0.5, 0.6) is 0 Å². The van der Waals surface area contributed by atoms with Crippen molar-refractivity contribution in [3.63, 3.8) is 0 Å². The Balaban J connectivity index is 1.72.